The highest BCUT2D eigenvalue weighted by Gasteiger charge is 2.48. The molecule has 1 aliphatic rings. The van der Waals surface area contributed by atoms with Crippen molar-refractivity contribution in [2.24, 2.45) is 5.92 Å². The van der Waals surface area contributed by atoms with Gasteiger partial charge in [0.2, 0.25) is 0 Å². The molecule has 0 aromatic carbocycles. The number of nitrogens with one attached hydrogen (secondary N) is 1. The number of ether oxygens (including phenoxy) is 3. The normalized spacial score (nSPS) is 25.9. The fourth-order valence-electron chi connectivity index (χ4n) is 3.02. The lowest BCUT2D eigenvalue weighted by molar-refractivity contribution is -0.153. The van der Waals surface area contributed by atoms with Crippen LogP contribution >= 0.6 is 0 Å². The second-order valence-electron chi connectivity index (χ2n) is 5.13. The average molecular weight is 287 g/mol. The lowest BCUT2D eigenvalue weighted by atomic mass is 9.85. The van der Waals surface area contributed by atoms with Gasteiger partial charge in [0.1, 0.15) is 5.54 Å². The van der Waals surface area contributed by atoms with Gasteiger partial charge in [-0.2, -0.15) is 0 Å². The molecule has 0 amide bonds. The highest BCUT2D eigenvalue weighted by atomic mass is 16.5. The van der Waals surface area contributed by atoms with Crippen molar-refractivity contribution < 1.29 is 19.0 Å². The molecule has 20 heavy (non-hydrogen) atoms. The largest absolute Gasteiger partial charge is 0.465 e. The van der Waals surface area contributed by atoms with Gasteiger partial charge in [-0.25, -0.2) is 0 Å². The Hall–Kier alpha value is -0.650. The van der Waals surface area contributed by atoms with E-state index in [1.165, 1.54) is 0 Å². The summed E-state index contributed by atoms with van der Waals surface area (Å²) in [7, 11) is 1.85. The summed E-state index contributed by atoms with van der Waals surface area (Å²) < 4.78 is 16.0. The lowest BCUT2D eigenvalue weighted by Crippen LogP contribution is -2.54. The van der Waals surface area contributed by atoms with Crippen molar-refractivity contribution in [2.45, 2.75) is 45.1 Å². The molecule has 0 aromatic rings. The molecule has 0 spiro atoms. The van der Waals surface area contributed by atoms with Crippen molar-refractivity contribution in [3.63, 3.8) is 0 Å². The molecular formula is C15H29NO4. The van der Waals surface area contributed by atoms with Crippen LogP contribution in [0.5, 0.6) is 0 Å². The van der Waals surface area contributed by atoms with Crippen LogP contribution in [0.25, 0.3) is 0 Å². The van der Waals surface area contributed by atoms with Gasteiger partial charge in [-0.15, -0.1) is 0 Å². The van der Waals surface area contributed by atoms with Gasteiger partial charge in [-0.1, -0.05) is 6.42 Å². The molecule has 1 N–H and O–H groups in total. The molecule has 2 atom stereocenters. The molecule has 118 valence electrons. The quantitative estimate of drug-likeness (QED) is 0.490. The van der Waals surface area contributed by atoms with Crippen LogP contribution in [-0.4, -0.2) is 51.6 Å². The standard InChI is InChI=1S/C15H29NO4/c1-4-18-11-12-19-10-8-13-7-6-9-15(13,16-3)14(17)20-5-2/h13,16H,4-12H2,1-3H3. The fourth-order valence-corrected chi connectivity index (χ4v) is 3.02. The molecular weight excluding hydrogens is 258 g/mol. The van der Waals surface area contributed by atoms with Gasteiger partial charge in [-0.3, -0.25) is 4.79 Å². The molecule has 1 rings (SSSR count). The molecule has 5 nitrogen and oxygen atoms in total. The number of rotatable bonds is 10. The Kier molecular flexibility index (Phi) is 8.11. The van der Waals surface area contributed by atoms with Crippen molar-refractivity contribution >= 4 is 5.97 Å². The van der Waals surface area contributed by atoms with E-state index in [2.05, 4.69) is 5.32 Å². The van der Waals surface area contributed by atoms with E-state index in [0.29, 0.717) is 32.3 Å². The highest BCUT2D eigenvalue weighted by Crippen LogP contribution is 2.38. The van der Waals surface area contributed by atoms with Crippen molar-refractivity contribution in [1.29, 1.82) is 0 Å². The monoisotopic (exact) mass is 287 g/mol. The zero-order chi connectivity index (χ0) is 14.8. The zero-order valence-electron chi connectivity index (χ0n) is 13.1. The van der Waals surface area contributed by atoms with Crippen molar-refractivity contribution in [1.82, 2.24) is 5.32 Å². The molecule has 0 aliphatic heterocycles. The van der Waals surface area contributed by atoms with Gasteiger partial charge in [0.15, 0.2) is 0 Å². The number of carbonyl (C=O) groups is 1. The molecule has 0 aromatic heterocycles. The number of esters is 1. The van der Waals surface area contributed by atoms with Crippen LogP contribution in [-0.2, 0) is 19.0 Å². The van der Waals surface area contributed by atoms with E-state index in [4.69, 9.17) is 14.2 Å². The Bertz CT molecular complexity index is 285. The van der Waals surface area contributed by atoms with E-state index in [1.54, 1.807) is 0 Å². The van der Waals surface area contributed by atoms with E-state index < -0.39 is 5.54 Å². The van der Waals surface area contributed by atoms with Crippen LogP contribution in [0.2, 0.25) is 0 Å². The van der Waals surface area contributed by atoms with Gasteiger partial charge in [0, 0.05) is 13.2 Å². The maximum absolute atomic E-state index is 12.2. The minimum atomic E-state index is -0.515. The maximum atomic E-state index is 12.2. The van der Waals surface area contributed by atoms with Crippen molar-refractivity contribution in [2.75, 3.05) is 40.1 Å². The molecule has 0 radical (unpaired) electrons. The van der Waals surface area contributed by atoms with Gasteiger partial charge in [0.05, 0.1) is 19.8 Å². The third kappa shape index (κ3) is 4.43. The van der Waals surface area contributed by atoms with E-state index >= 15 is 0 Å². The van der Waals surface area contributed by atoms with Crippen LogP contribution in [0.1, 0.15) is 39.5 Å². The molecule has 0 bridgehead atoms. The summed E-state index contributed by atoms with van der Waals surface area (Å²) in [5, 5.41) is 3.22. The van der Waals surface area contributed by atoms with Gasteiger partial charge >= 0.3 is 5.97 Å². The predicted molar refractivity (Wildman–Crippen MR) is 77.7 cm³/mol. The number of hydrogen-bond acceptors (Lipinski definition) is 5. The SMILES string of the molecule is CCOCCOCCC1CCCC1(NC)C(=O)OCC. The second kappa shape index (κ2) is 9.32. The summed E-state index contributed by atoms with van der Waals surface area (Å²) in [5.74, 6) is 0.179. The summed E-state index contributed by atoms with van der Waals surface area (Å²) in [5.41, 5.74) is -0.515. The van der Waals surface area contributed by atoms with E-state index in [0.717, 1.165) is 32.3 Å². The molecule has 1 aliphatic carbocycles. The van der Waals surface area contributed by atoms with E-state index in [9.17, 15) is 4.79 Å². The first kappa shape index (κ1) is 17.4. The van der Waals surface area contributed by atoms with E-state index in [1.807, 2.05) is 20.9 Å². The van der Waals surface area contributed by atoms with Crippen LogP contribution in [0.4, 0.5) is 0 Å². The highest BCUT2D eigenvalue weighted by molar-refractivity contribution is 5.81. The van der Waals surface area contributed by atoms with Crippen molar-refractivity contribution in [3.8, 4) is 0 Å². The molecule has 2 unspecified atom stereocenters. The first-order valence-electron chi connectivity index (χ1n) is 7.72. The number of likely N-dealkylation sites (N-methyl/N-ethyl adjacent to an activating group) is 1. The Morgan fingerprint density at radius 3 is 2.60 bits per heavy atom. The molecule has 0 saturated heterocycles. The summed E-state index contributed by atoms with van der Waals surface area (Å²) in [6.45, 7) is 6.89. The first-order chi connectivity index (χ1) is 9.71. The summed E-state index contributed by atoms with van der Waals surface area (Å²) in [6.07, 6.45) is 3.84. The van der Waals surface area contributed by atoms with Crippen molar-refractivity contribution in [3.05, 3.63) is 0 Å². The second-order valence-corrected chi connectivity index (χ2v) is 5.13. The topological polar surface area (TPSA) is 56.8 Å². The maximum Gasteiger partial charge on any atom is 0.326 e. The third-order valence-electron chi connectivity index (χ3n) is 4.09. The predicted octanol–water partition coefficient (Wildman–Crippen LogP) is 1.75. The Balaban J connectivity index is 2.40. The number of carbonyl (C=O) groups excluding carboxylic acids is 1. The summed E-state index contributed by atoms with van der Waals surface area (Å²) in [6, 6.07) is 0. The number of hydrogen-bond donors (Lipinski definition) is 1. The van der Waals surface area contributed by atoms with Gasteiger partial charge < -0.3 is 19.5 Å². The summed E-state index contributed by atoms with van der Waals surface area (Å²) in [4.78, 5) is 12.2. The molecule has 1 fully saturated rings. The molecule has 5 heteroatoms. The van der Waals surface area contributed by atoms with Crippen LogP contribution in [0.3, 0.4) is 0 Å². The molecule has 1 saturated carbocycles. The first-order valence-corrected chi connectivity index (χ1v) is 7.72. The Labute approximate surface area is 122 Å². The molecule has 0 heterocycles. The lowest BCUT2D eigenvalue weighted by Gasteiger charge is -2.32. The third-order valence-corrected chi connectivity index (χ3v) is 4.09. The summed E-state index contributed by atoms with van der Waals surface area (Å²) >= 11 is 0. The zero-order valence-corrected chi connectivity index (χ0v) is 13.1. The Morgan fingerprint density at radius 1 is 1.20 bits per heavy atom. The van der Waals surface area contributed by atoms with Crippen LogP contribution < -0.4 is 5.32 Å². The Morgan fingerprint density at radius 2 is 1.95 bits per heavy atom. The van der Waals surface area contributed by atoms with Crippen LogP contribution in [0.15, 0.2) is 0 Å². The van der Waals surface area contributed by atoms with E-state index in [-0.39, 0.29) is 5.97 Å². The van der Waals surface area contributed by atoms with Crippen LogP contribution in [0, 0.1) is 5.92 Å². The average Bonchev–Trinajstić information content (AvgIpc) is 2.87. The minimum absolute atomic E-state index is 0.112. The smallest absolute Gasteiger partial charge is 0.326 e. The van der Waals surface area contributed by atoms with Gasteiger partial charge in [0.25, 0.3) is 0 Å². The minimum Gasteiger partial charge on any atom is -0.465 e. The fraction of sp³-hybridized carbons (Fsp3) is 0.933. The van der Waals surface area contributed by atoms with Gasteiger partial charge in [-0.05, 0) is 46.1 Å².